The van der Waals surface area contributed by atoms with Crippen molar-refractivity contribution in [2.45, 2.75) is 125 Å². The Morgan fingerprint density at radius 1 is 0.870 bits per heavy atom. The van der Waals surface area contributed by atoms with Crippen molar-refractivity contribution in [3.8, 4) is 26.9 Å². The number of rotatable bonds is 19. The number of para-hydroxylation sites is 1. The fourth-order valence-electron chi connectivity index (χ4n) is 9.21. The molecule has 0 bridgehead atoms. The SMILES string of the molecule is Cc1ncsc1-c1ccc(CNC(=O)[C@@H]2C[C@@H](O)CN2C(=O)[C@@H](NC(=O)OC(C)(C)C)C(C)(C)C)c(OCCOCCCOc2ccc(C3=N[C@@H](CC(=O)Nc4ccccc4)c4nnc(C)n4-c4sc(C)c(C)c43)cc2)c1. The summed E-state index contributed by atoms with van der Waals surface area (Å²) in [5.41, 5.74) is 7.26. The molecular weight excluding hydrogens is 1020 g/mol. The van der Waals surface area contributed by atoms with Gasteiger partial charge in [0.1, 0.15) is 52.7 Å². The molecule has 408 valence electrons. The van der Waals surface area contributed by atoms with Crippen molar-refractivity contribution in [3.05, 3.63) is 123 Å². The number of hydrogen-bond donors (Lipinski definition) is 4. The largest absolute Gasteiger partial charge is 0.494 e. The van der Waals surface area contributed by atoms with Crippen molar-refractivity contribution in [1.82, 2.24) is 35.3 Å². The Bertz CT molecular complexity index is 3100. The van der Waals surface area contributed by atoms with Crippen LogP contribution in [0.25, 0.3) is 15.4 Å². The highest BCUT2D eigenvalue weighted by molar-refractivity contribution is 7.15. The van der Waals surface area contributed by atoms with Gasteiger partial charge >= 0.3 is 6.09 Å². The zero-order valence-corrected chi connectivity index (χ0v) is 47.0. The molecule has 4 atom stereocenters. The van der Waals surface area contributed by atoms with Gasteiger partial charge in [0, 0.05) is 59.8 Å². The Morgan fingerprint density at radius 3 is 2.31 bits per heavy atom. The maximum absolute atomic E-state index is 14.1. The number of aliphatic hydroxyl groups excluding tert-OH is 1. The molecule has 18 nitrogen and oxygen atoms in total. The first-order chi connectivity index (χ1) is 36.6. The predicted octanol–water partition coefficient (Wildman–Crippen LogP) is 8.99. The van der Waals surface area contributed by atoms with Gasteiger partial charge < -0.3 is 44.9 Å². The fourth-order valence-corrected chi connectivity index (χ4v) is 11.2. The first-order valence-corrected chi connectivity index (χ1v) is 27.5. The van der Waals surface area contributed by atoms with Crippen molar-refractivity contribution >= 4 is 57.9 Å². The number of anilines is 1. The number of fused-ring (bicyclic) bond motifs is 3. The lowest BCUT2D eigenvalue weighted by molar-refractivity contribution is -0.142. The number of aliphatic hydroxyl groups is 1. The summed E-state index contributed by atoms with van der Waals surface area (Å²) in [4.78, 5) is 67.4. The van der Waals surface area contributed by atoms with Gasteiger partial charge in [-0.25, -0.2) is 9.78 Å². The monoisotopic (exact) mass is 1090 g/mol. The summed E-state index contributed by atoms with van der Waals surface area (Å²) in [5, 5.41) is 29.3. The Balaban J connectivity index is 0.858. The number of likely N-dealkylation sites (tertiary alicyclic amines) is 1. The van der Waals surface area contributed by atoms with Crippen LogP contribution in [-0.4, -0.2) is 116 Å². The molecule has 6 aromatic rings. The predicted molar refractivity (Wildman–Crippen MR) is 297 cm³/mol. The summed E-state index contributed by atoms with van der Waals surface area (Å²) in [7, 11) is 0. The van der Waals surface area contributed by atoms with Crippen LogP contribution in [0.2, 0.25) is 0 Å². The van der Waals surface area contributed by atoms with E-state index >= 15 is 0 Å². The highest BCUT2D eigenvalue weighted by Gasteiger charge is 2.45. The maximum atomic E-state index is 14.1. The molecule has 2 aliphatic rings. The standard InChI is InChI=1S/C57H69N9O9S2/c1-33-35(3)77-54-47(33)48(61-43(51-64-63-36(4)66(51)54)29-46(68)60-40-15-12-11-13-16-40)37-19-21-42(22-20-37)73-24-14-23-72-25-26-74-45-27-38(49-34(2)59-32-76-49)17-18-39(45)30-58-52(69)44-28-41(67)31-65(44)53(70)50(56(5,6)7)62-55(71)75-57(8,9)10/h11-13,15-22,27,32,41,43-44,50,67H,14,23-26,28-31H2,1-10H3,(H,58,69)(H,60,68)(H,62,71)/t41-,43+,44+,50-/m1/s1. The third-order valence-electron chi connectivity index (χ3n) is 13.2. The third kappa shape index (κ3) is 13.8. The van der Waals surface area contributed by atoms with E-state index in [4.69, 9.17) is 23.9 Å². The number of carbonyl (C=O) groups excluding carboxylic acids is 4. The zero-order chi connectivity index (χ0) is 55.2. The van der Waals surface area contributed by atoms with E-state index in [1.165, 1.54) is 16.2 Å². The molecular formula is C57H69N9O9S2. The average molecular weight is 1090 g/mol. The molecule has 0 spiro atoms. The number of thiophene rings is 1. The van der Waals surface area contributed by atoms with Crippen LogP contribution in [0.3, 0.4) is 0 Å². The van der Waals surface area contributed by atoms with Crippen LogP contribution in [0.4, 0.5) is 10.5 Å². The first-order valence-electron chi connectivity index (χ1n) is 25.8. The Morgan fingerprint density at radius 2 is 1.61 bits per heavy atom. The molecule has 0 aliphatic carbocycles. The van der Waals surface area contributed by atoms with Gasteiger partial charge in [-0.1, -0.05) is 51.1 Å². The van der Waals surface area contributed by atoms with Crippen LogP contribution >= 0.6 is 22.7 Å². The van der Waals surface area contributed by atoms with Gasteiger partial charge in [-0.3, -0.25) is 23.9 Å². The van der Waals surface area contributed by atoms with E-state index in [2.05, 4.69) is 45.0 Å². The number of aliphatic imine (C=N–C) groups is 1. The number of ether oxygens (including phenoxy) is 4. The van der Waals surface area contributed by atoms with Crippen molar-refractivity contribution in [3.63, 3.8) is 0 Å². The number of benzene rings is 3. The van der Waals surface area contributed by atoms with E-state index in [1.807, 2.05) is 112 Å². The minimum atomic E-state index is -1.02. The molecule has 0 radical (unpaired) electrons. The number of aryl methyl sites for hydroxylation is 3. The minimum Gasteiger partial charge on any atom is -0.494 e. The van der Waals surface area contributed by atoms with Crippen LogP contribution in [0.15, 0.2) is 83.3 Å². The van der Waals surface area contributed by atoms with Crippen molar-refractivity contribution in [2.24, 2.45) is 10.4 Å². The van der Waals surface area contributed by atoms with Crippen LogP contribution < -0.4 is 25.4 Å². The fraction of sp³-hybridized carbons (Fsp3) is 0.439. The molecule has 0 saturated carbocycles. The number of nitrogens with one attached hydrogen (secondary N) is 3. The number of alkyl carbamates (subject to hydrolysis) is 1. The summed E-state index contributed by atoms with van der Waals surface area (Å²) >= 11 is 3.18. The number of β-amino-alcohol motifs (C(OH)–C–C–N with tert-alkyl or cyclic N) is 1. The van der Waals surface area contributed by atoms with Crippen LogP contribution in [0.1, 0.15) is 111 Å². The number of nitrogens with zero attached hydrogens (tertiary/aromatic N) is 6. The van der Waals surface area contributed by atoms with Gasteiger partial charge in [0.2, 0.25) is 17.7 Å². The summed E-state index contributed by atoms with van der Waals surface area (Å²) in [6.45, 7) is 20.1. The van der Waals surface area contributed by atoms with E-state index < -0.39 is 53.2 Å². The lowest BCUT2D eigenvalue weighted by atomic mass is 9.85. The molecule has 0 unspecified atom stereocenters. The van der Waals surface area contributed by atoms with Gasteiger partial charge in [0.05, 0.1) is 47.5 Å². The highest BCUT2D eigenvalue weighted by atomic mass is 32.1. The summed E-state index contributed by atoms with van der Waals surface area (Å²) in [6, 6.07) is 20.4. The smallest absolute Gasteiger partial charge is 0.408 e. The van der Waals surface area contributed by atoms with Crippen LogP contribution in [0, 0.1) is 33.1 Å². The molecule has 4 N–H and O–H groups in total. The first kappa shape index (κ1) is 56.2. The van der Waals surface area contributed by atoms with E-state index in [9.17, 15) is 24.3 Å². The number of carbonyl (C=O) groups is 4. The van der Waals surface area contributed by atoms with Gasteiger partial charge in [-0.15, -0.1) is 32.9 Å². The Hall–Kier alpha value is -7.00. The number of hydrogen-bond acceptors (Lipinski definition) is 15. The third-order valence-corrected chi connectivity index (χ3v) is 15.3. The molecule has 2 aliphatic heterocycles. The second kappa shape index (κ2) is 24.1. The molecule has 77 heavy (non-hydrogen) atoms. The molecule has 5 heterocycles. The van der Waals surface area contributed by atoms with E-state index in [1.54, 1.807) is 37.6 Å². The molecule has 4 amide bonds. The quantitative estimate of drug-likeness (QED) is 0.0559. The van der Waals surface area contributed by atoms with Crippen molar-refractivity contribution < 1.29 is 43.2 Å². The summed E-state index contributed by atoms with van der Waals surface area (Å²) in [5.74, 6) is 1.49. The second-order valence-electron chi connectivity index (χ2n) is 21.4. The molecule has 1 fully saturated rings. The van der Waals surface area contributed by atoms with E-state index in [0.29, 0.717) is 54.8 Å². The van der Waals surface area contributed by atoms with E-state index in [0.717, 1.165) is 54.2 Å². The minimum absolute atomic E-state index is 0.0431. The lowest BCUT2D eigenvalue weighted by Crippen LogP contribution is -2.58. The van der Waals surface area contributed by atoms with E-state index in [-0.39, 0.29) is 38.4 Å². The Labute approximate surface area is 457 Å². The molecule has 8 rings (SSSR count). The van der Waals surface area contributed by atoms with Crippen molar-refractivity contribution in [1.29, 1.82) is 0 Å². The number of aromatic nitrogens is 4. The molecule has 3 aromatic heterocycles. The topological polar surface area (TPSA) is 221 Å². The number of amides is 4. The normalized spacial score (nSPS) is 16.6. The average Bonchev–Trinajstić information content (AvgIpc) is 4.15. The Kier molecular flexibility index (Phi) is 17.6. The molecule has 20 heteroatoms. The number of thiazole rings is 1. The highest BCUT2D eigenvalue weighted by Crippen LogP contribution is 2.40. The maximum Gasteiger partial charge on any atom is 0.408 e. The van der Waals surface area contributed by atoms with Gasteiger partial charge in [-0.2, -0.15) is 0 Å². The van der Waals surface area contributed by atoms with Crippen molar-refractivity contribution in [2.75, 3.05) is 38.3 Å². The summed E-state index contributed by atoms with van der Waals surface area (Å²) in [6.07, 6.45) is -0.926. The van der Waals surface area contributed by atoms with Gasteiger partial charge in [0.25, 0.3) is 0 Å². The van der Waals surface area contributed by atoms with Gasteiger partial charge in [-0.05, 0) is 107 Å². The second-order valence-corrected chi connectivity index (χ2v) is 23.4. The molecule has 3 aromatic carbocycles. The van der Waals surface area contributed by atoms with Crippen LogP contribution in [-0.2, 0) is 30.4 Å². The lowest BCUT2D eigenvalue weighted by Gasteiger charge is -2.35. The summed E-state index contributed by atoms with van der Waals surface area (Å²) < 4.78 is 25.9. The zero-order valence-electron chi connectivity index (χ0n) is 45.4. The molecule has 1 saturated heterocycles. The van der Waals surface area contributed by atoms with Gasteiger partial charge in [0.15, 0.2) is 5.82 Å². The van der Waals surface area contributed by atoms with Crippen LogP contribution in [0.5, 0.6) is 11.5 Å².